The predicted octanol–water partition coefficient (Wildman–Crippen LogP) is 1.71. The molecule has 2 unspecified atom stereocenters. The van der Waals surface area contributed by atoms with Gasteiger partial charge in [0.2, 0.25) is 0 Å². The summed E-state index contributed by atoms with van der Waals surface area (Å²) in [6, 6.07) is 0.0312. The fraction of sp³-hybridized carbons (Fsp3) is 0.923. The maximum atomic E-state index is 11.2. The molecule has 2 N–H and O–H groups in total. The topological polar surface area (TPSA) is 58.6 Å². The molecule has 0 aliphatic carbocycles. The normalized spacial score (nSPS) is 15.4. The maximum Gasteiger partial charge on any atom is 0.307 e. The van der Waals surface area contributed by atoms with Crippen molar-refractivity contribution in [3.05, 3.63) is 0 Å². The monoisotopic (exact) mass is 245 g/mol. The molecule has 0 aromatic carbocycles. The minimum absolute atomic E-state index is 0.0312. The van der Waals surface area contributed by atoms with Gasteiger partial charge in [0.15, 0.2) is 0 Å². The third kappa shape index (κ3) is 10.3. The lowest BCUT2D eigenvalue weighted by atomic mass is 9.89. The number of aliphatic hydroxyl groups is 1. The van der Waals surface area contributed by atoms with Crippen LogP contribution >= 0.6 is 0 Å². The molecule has 0 amide bonds. The smallest absolute Gasteiger partial charge is 0.307 e. The molecule has 0 radical (unpaired) electrons. The Morgan fingerprint density at radius 1 is 1.41 bits per heavy atom. The molecule has 0 aromatic rings. The van der Waals surface area contributed by atoms with Crippen molar-refractivity contribution in [2.45, 2.75) is 59.6 Å². The van der Waals surface area contributed by atoms with Gasteiger partial charge >= 0.3 is 5.97 Å². The second-order valence-corrected chi connectivity index (χ2v) is 5.74. The summed E-state index contributed by atoms with van der Waals surface area (Å²) in [5.41, 5.74) is 0.117. The number of rotatable bonds is 7. The largest absolute Gasteiger partial charge is 0.466 e. The molecule has 0 aliphatic heterocycles. The average molecular weight is 245 g/mol. The van der Waals surface area contributed by atoms with E-state index in [9.17, 15) is 9.90 Å². The summed E-state index contributed by atoms with van der Waals surface area (Å²) < 4.78 is 4.86. The van der Waals surface area contributed by atoms with Gasteiger partial charge in [-0.1, -0.05) is 20.8 Å². The maximum absolute atomic E-state index is 11.2. The predicted molar refractivity (Wildman–Crippen MR) is 68.8 cm³/mol. The van der Waals surface area contributed by atoms with Gasteiger partial charge in [-0.05, 0) is 25.7 Å². The van der Waals surface area contributed by atoms with E-state index in [1.165, 1.54) is 0 Å². The Bertz CT molecular complexity index is 223. The molecule has 2 atom stereocenters. The van der Waals surface area contributed by atoms with E-state index in [4.69, 9.17) is 4.74 Å². The van der Waals surface area contributed by atoms with Gasteiger partial charge in [-0.2, -0.15) is 0 Å². The second-order valence-electron chi connectivity index (χ2n) is 5.74. The van der Waals surface area contributed by atoms with Crippen LogP contribution in [0.5, 0.6) is 0 Å². The minimum atomic E-state index is -0.375. The number of carbonyl (C=O) groups is 1. The van der Waals surface area contributed by atoms with Crippen molar-refractivity contribution in [1.82, 2.24) is 5.32 Å². The van der Waals surface area contributed by atoms with Crippen molar-refractivity contribution in [2.24, 2.45) is 5.41 Å². The van der Waals surface area contributed by atoms with Gasteiger partial charge in [-0.25, -0.2) is 0 Å². The summed E-state index contributed by atoms with van der Waals surface area (Å²) in [5.74, 6) is -0.196. The Morgan fingerprint density at radius 2 is 2.00 bits per heavy atom. The number of nitrogens with one attached hydrogen (secondary N) is 1. The molecule has 0 saturated carbocycles. The fourth-order valence-electron chi connectivity index (χ4n) is 1.66. The van der Waals surface area contributed by atoms with Crippen LogP contribution in [0, 0.1) is 5.41 Å². The zero-order chi connectivity index (χ0) is 13.5. The highest BCUT2D eigenvalue weighted by Gasteiger charge is 2.17. The zero-order valence-electron chi connectivity index (χ0n) is 11.7. The van der Waals surface area contributed by atoms with Gasteiger partial charge in [0, 0.05) is 12.6 Å². The van der Waals surface area contributed by atoms with Crippen molar-refractivity contribution in [3.63, 3.8) is 0 Å². The van der Waals surface area contributed by atoms with Crippen molar-refractivity contribution in [2.75, 3.05) is 13.2 Å². The molecule has 102 valence electrons. The van der Waals surface area contributed by atoms with Crippen LogP contribution in [0.3, 0.4) is 0 Å². The first-order valence-corrected chi connectivity index (χ1v) is 6.31. The van der Waals surface area contributed by atoms with E-state index in [2.05, 4.69) is 26.1 Å². The van der Waals surface area contributed by atoms with Crippen LogP contribution < -0.4 is 5.32 Å². The second kappa shape index (κ2) is 7.67. The van der Waals surface area contributed by atoms with Gasteiger partial charge in [-0.3, -0.25) is 4.79 Å². The molecule has 0 heterocycles. The molecule has 0 bridgehead atoms. The number of aliphatic hydroxyl groups excluding tert-OH is 1. The Labute approximate surface area is 105 Å². The van der Waals surface area contributed by atoms with Crippen molar-refractivity contribution in [1.29, 1.82) is 0 Å². The van der Waals surface area contributed by atoms with E-state index >= 15 is 0 Å². The molecule has 0 aromatic heterocycles. The van der Waals surface area contributed by atoms with Crippen LogP contribution in [0.15, 0.2) is 0 Å². The van der Waals surface area contributed by atoms with Crippen LogP contribution in [-0.2, 0) is 9.53 Å². The highest BCUT2D eigenvalue weighted by atomic mass is 16.5. The van der Waals surface area contributed by atoms with E-state index in [1.807, 2.05) is 6.92 Å². The number of esters is 1. The van der Waals surface area contributed by atoms with Gasteiger partial charge in [0.1, 0.15) is 0 Å². The van der Waals surface area contributed by atoms with Crippen LogP contribution in [0.4, 0.5) is 0 Å². The van der Waals surface area contributed by atoms with E-state index in [0.717, 1.165) is 6.42 Å². The number of hydrogen-bond donors (Lipinski definition) is 2. The van der Waals surface area contributed by atoms with E-state index < -0.39 is 0 Å². The lowest BCUT2D eigenvalue weighted by Crippen LogP contribution is -2.36. The minimum Gasteiger partial charge on any atom is -0.466 e. The number of carbonyl (C=O) groups excluding carboxylic acids is 1. The van der Waals surface area contributed by atoms with Gasteiger partial charge in [0.25, 0.3) is 0 Å². The molecule has 4 heteroatoms. The fourth-order valence-corrected chi connectivity index (χ4v) is 1.66. The Balaban J connectivity index is 3.76. The summed E-state index contributed by atoms with van der Waals surface area (Å²) in [6.45, 7) is 10.9. The number of ether oxygens (including phenoxy) is 1. The van der Waals surface area contributed by atoms with E-state index in [0.29, 0.717) is 19.6 Å². The first kappa shape index (κ1) is 16.4. The first-order valence-electron chi connectivity index (χ1n) is 6.31. The summed E-state index contributed by atoms with van der Waals surface area (Å²) in [5, 5.41) is 12.9. The van der Waals surface area contributed by atoms with E-state index in [-0.39, 0.29) is 23.5 Å². The van der Waals surface area contributed by atoms with Crippen LogP contribution in [0.25, 0.3) is 0 Å². The molecular formula is C13H27NO3. The Hall–Kier alpha value is -0.610. The van der Waals surface area contributed by atoms with Gasteiger partial charge < -0.3 is 15.2 Å². The van der Waals surface area contributed by atoms with E-state index in [1.54, 1.807) is 6.92 Å². The third-order valence-electron chi connectivity index (χ3n) is 2.33. The average Bonchev–Trinajstić information content (AvgIpc) is 2.12. The van der Waals surface area contributed by atoms with Gasteiger partial charge in [-0.15, -0.1) is 0 Å². The lowest BCUT2D eigenvalue weighted by Gasteiger charge is -2.23. The van der Waals surface area contributed by atoms with Crippen LogP contribution in [0.1, 0.15) is 47.5 Å². The highest BCUT2D eigenvalue weighted by molar-refractivity contribution is 5.69. The number of hydrogen-bond acceptors (Lipinski definition) is 4. The molecule has 0 spiro atoms. The third-order valence-corrected chi connectivity index (χ3v) is 2.33. The Kier molecular flexibility index (Phi) is 7.39. The zero-order valence-corrected chi connectivity index (χ0v) is 11.7. The van der Waals surface area contributed by atoms with Crippen molar-refractivity contribution < 1.29 is 14.6 Å². The van der Waals surface area contributed by atoms with Gasteiger partial charge in [0.05, 0.1) is 19.1 Å². The molecular weight excluding hydrogens is 218 g/mol. The summed E-state index contributed by atoms with van der Waals surface area (Å²) in [4.78, 5) is 11.2. The Morgan fingerprint density at radius 3 is 2.47 bits per heavy atom. The van der Waals surface area contributed by atoms with Crippen LogP contribution in [0.2, 0.25) is 0 Å². The van der Waals surface area contributed by atoms with Crippen molar-refractivity contribution in [3.8, 4) is 0 Å². The van der Waals surface area contributed by atoms with Crippen molar-refractivity contribution >= 4 is 5.97 Å². The quantitative estimate of drug-likeness (QED) is 0.670. The molecule has 0 fully saturated rings. The first-order chi connectivity index (χ1) is 7.74. The molecule has 0 saturated heterocycles. The van der Waals surface area contributed by atoms with Crippen LogP contribution in [-0.4, -0.2) is 36.4 Å². The standard InChI is InChI=1S/C13H27NO3/c1-6-17-12(16)7-10(2)14-9-11(15)8-13(3,4)5/h10-11,14-15H,6-9H2,1-5H3. The molecule has 0 rings (SSSR count). The molecule has 0 aliphatic rings. The highest BCUT2D eigenvalue weighted by Crippen LogP contribution is 2.20. The lowest BCUT2D eigenvalue weighted by molar-refractivity contribution is -0.143. The summed E-state index contributed by atoms with van der Waals surface area (Å²) >= 11 is 0. The molecule has 4 nitrogen and oxygen atoms in total. The summed E-state index contributed by atoms with van der Waals surface area (Å²) in [6.07, 6.45) is 0.710. The summed E-state index contributed by atoms with van der Waals surface area (Å²) in [7, 11) is 0. The SMILES string of the molecule is CCOC(=O)CC(C)NCC(O)CC(C)(C)C. The molecule has 17 heavy (non-hydrogen) atoms.